The van der Waals surface area contributed by atoms with Gasteiger partial charge in [-0.2, -0.15) is 0 Å². The molecule has 0 aliphatic heterocycles. The molecular formula is C19H26FN. The highest BCUT2D eigenvalue weighted by atomic mass is 19.1. The maximum Gasteiger partial charge on any atom is 0.131 e. The zero-order chi connectivity index (χ0) is 15.1. The fourth-order valence-corrected chi connectivity index (χ4v) is 2.98. The van der Waals surface area contributed by atoms with Crippen molar-refractivity contribution >= 4 is 10.8 Å². The van der Waals surface area contributed by atoms with Crippen LogP contribution < -0.4 is 5.32 Å². The molecule has 1 nitrogen and oxygen atoms in total. The molecule has 0 aromatic heterocycles. The quantitative estimate of drug-likeness (QED) is 0.623. The van der Waals surface area contributed by atoms with Crippen LogP contribution in [0.2, 0.25) is 0 Å². The summed E-state index contributed by atoms with van der Waals surface area (Å²) in [5.41, 5.74) is 1.23. The molecule has 1 unspecified atom stereocenters. The Hall–Kier alpha value is -1.41. The van der Waals surface area contributed by atoms with E-state index in [1.807, 2.05) is 30.3 Å². The van der Waals surface area contributed by atoms with Crippen LogP contribution in [0.3, 0.4) is 0 Å². The van der Waals surface area contributed by atoms with Gasteiger partial charge in [0.15, 0.2) is 0 Å². The highest BCUT2D eigenvalue weighted by molar-refractivity contribution is 5.86. The molecule has 2 heteroatoms. The van der Waals surface area contributed by atoms with Gasteiger partial charge in [-0.1, -0.05) is 69.9 Å². The van der Waals surface area contributed by atoms with E-state index in [1.165, 1.54) is 31.2 Å². The smallest absolute Gasteiger partial charge is 0.131 e. The van der Waals surface area contributed by atoms with Gasteiger partial charge in [0, 0.05) is 11.4 Å². The summed E-state index contributed by atoms with van der Waals surface area (Å²) >= 11 is 0. The molecule has 0 aliphatic rings. The molecule has 0 spiro atoms. The third kappa shape index (κ3) is 4.04. The number of halogens is 1. The predicted molar refractivity (Wildman–Crippen MR) is 89.1 cm³/mol. The van der Waals surface area contributed by atoms with Crippen LogP contribution in [-0.2, 0) is 0 Å². The molecule has 0 amide bonds. The third-order valence-corrected chi connectivity index (χ3v) is 4.08. The van der Waals surface area contributed by atoms with Crippen molar-refractivity contribution in [2.75, 3.05) is 6.54 Å². The Labute approximate surface area is 127 Å². The Morgan fingerprint density at radius 1 is 0.952 bits per heavy atom. The Balaban J connectivity index is 2.25. The minimum atomic E-state index is -0.129. The van der Waals surface area contributed by atoms with E-state index in [0.717, 1.165) is 23.7 Å². The molecule has 2 aromatic rings. The van der Waals surface area contributed by atoms with Crippen LogP contribution in [0.4, 0.5) is 4.39 Å². The summed E-state index contributed by atoms with van der Waals surface area (Å²) in [6.45, 7) is 5.30. The summed E-state index contributed by atoms with van der Waals surface area (Å²) in [5.74, 6) is -0.129. The van der Waals surface area contributed by atoms with E-state index in [9.17, 15) is 4.39 Å². The van der Waals surface area contributed by atoms with Crippen molar-refractivity contribution in [3.8, 4) is 0 Å². The summed E-state index contributed by atoms with van der Waals surface area (Å²) in [6.07, 6.45) is 6.16. The maximum atomic E-state index is 13.9. The van der Waals surface area contributed by atoms with Gasteiger partial charge in [0.25, 0.3) is 0 Å². The fourth-order valence-electron chi connectivity index (χ4n) is 2.98. The predicted octanol–water partition coefficient (Wildman–Crippen LogP) is 5.60. The fraction of sp³-hybridized carbons (Fsp3) is 0.474. The lowest BCUT2D eigenvalue weighted by Crippen LogP contribution is -2.21. The van der Waals surface area contributed by atoms with Gasteiger partial charge in [-0.15, -0.1) is 0 Å². The second-order valence-electron chi connectivity index (χ2n) is 5.64. The Bertz CT molecular complexity index is 564. The number of rotatable bonds is 8. The van der Waals surface area contributed by atoms with Crippen molar-refractivity contribution in [2.24, 2.45) is 0 Å². The molecule has 2 rings (SSSR count). The van der Waals surface area contributed by atoms with E-state index < -0.39 is 0 Å². The zero-order valence-corrected chi connectivity index (χ0v) is 13.2. The average Bonchev–Trinajstić information content (AvgIpc) is 2.51. The Kier molecular flexibility index (Phi) is 6.19. The van der Waals surface area contributed by atoms with Crippen LogP contribution in [-0.4, -0.2) is 6.54 Å². The van der Waals surface area contributed by atoms with Crippen molar-refractivity contribution in [2.45, 2.75) is 52.0 Å². The number of unbranched alkanes of at least 4 members (excludes halogenated alkanes) is 3. The molecule has 1 N–H and O–H groups in total. The van der Waals surface area contributed by atoms with Gasteiger partial charge < -0.3 is 5.32 Å². The minimum absolute atomic E-state index is 0.129. The summed E-state index contributed by atoms with van der Waals surface area (Å²) in [7, 11) is 0. The molecular weight excluding hydrogens is 261 g/mol. The molecule has 21 heavy (non-hydrogen) atoms. The molecule has 0 radical (unpaired) electrons. The molecule has 0 heterocycles. The second kappa shape index (κ2) is 8.14. The lowest BCUT2D eigenvalue weighted by Gasteiger charge is -2.20. The Morgan fingerprint density at radius 2 is 1.71 bits per heavy atom. The number of fused-ring (bicyclic) bond motifs is 1. The lowest BCUT2D eigenvalue weighted by atomic mass is 9.94. The normalized spacial score (nSPS) is 12.7. The Morgan fingerprint density at radius 3 is 2.43 bits per heavy atom. The molecule has 0 bridgehead atoms. The highest BCUT2D eigenvalue weighted by Gasteiger charge is 2.14. The number of nitrogens with one attached hydrogen (secondary N) is 1. The van der Waals surface area contributed by atoms with Crippen LogP contribution >= 0.6 is 0 Å². The van der Waals surface area contributed by atoms with Crippen molar-refractivity contribution in [3.05, 3.63) is 47.8 Å². The van der Waals surface area contributed by atoms with E-state index in [-0.39, 0.29) is 5.82 Å². The second-order valence-corrected chi connectivity index (χ2v) is 5.64. The standard InChI is InChI=1S/C19H26FN/c1-3-5-6-7-12-19(21-4-2)17-13-14-18(20)16-11-9-8-10-15(16)17/h8-11,13-14,19,21H,3-7,12H2,1-2H3. The molecule has 114 valence electrons. The van der Waals surface area contributed by atoms with E-state index in [2.05, 4.69) is 19.2 Å². The summed E-state index contributed by atoms with van der Waals surface area (Å²) in [4.78, 5) is 0. The van der Waals surface area contributed by atoms with Gasteiger partial charge >= 0.3 is 0 Å². The summed E-state index contributed by atoms with van der Waals surface area (Å²) < 4.78 is 13.9. The summed E-state index contributed by atoms with van der Waals surface area (Å²) in [6, 6.07) is 11.7. The van der Waals surface area contributed by atoms with Crippen LogP contribution in [0.1, 0.15) is 57.6 Å². The molecule has 0 fully saturated rings. The minimum Gasteiger partial charge on any atom is -0.310 e. The van der Waals surface area contributed by atoms with E-state index in [1.54, 1.807) is 6.07 Å². The SMILES string of the molecule is CCCCCCC(NCC)c1ccc(F)c2ccccc12. The van der Waals surface area contributed by atoms with Crippen molar-refractivity contribution in [1.29, 1.82) is 0 Å². The first-order chi connectivity index (χ1) is 10.3. The van der Waals surface area contributed by atoms with Gasteiger partial charge in [0.1, 0.15) is 5.82 Å². The monoisotopic (exact) mass is 287 g/mol. The first-order valence-corrected chi connectivity index (χ1v) is 8.18. The molecule has 0 aliphatic carbocycles. The van der Waals surface area contributed by atoms with E-state index in [4.69, 9.17) is 0 Å². The maximum absolute atomic E-state index is 13.9. The van der Waals surface area contributed by atoms with E-state index in [0.29, 0.717) is 6.04 Å². The molecule has 2 aromatic carbocycles. The van der Waals surface area contributed by atoms with Crippen LogP contribution in [0.25, 0.3) is 10.8 Å². The van der Waals surface area contributed by atoms with Crippen LogP contribution in [0.5, 0.6) is 0 Å². The number of benzene rings is 2. The lowest BCUT2D eigenvalue weighted by molar-refractivity contribution is 0.484. The third-order valence-electron chi connectivity index (χ3n) is 4.08. The number of hydrogen-bond acceptors (Lipinski definition) is 1. The van der Waals surface area contributed by atoms with Crippen molar-refractivity contribution < 1.29 is 4.39 Å². The highest BCUT2D eigenvalue weighted by Crippen LogP contribution is 2.29. The van der Waals surface area contributed by atoms with Gasteiger partial charge in [0.2, 0.25) is 0 Å². The zero-order valence-electron chi connectivity index (χ0n) is 13.2. The largest absolute Gasteiger partial charge is 0.310 e. The molecule has 1 atom stereocenters. The first-order valence-electron chi connectivity index (χ1n) is 8.18. The first kappa shape index (κ1) is 16.0. The topological polar surface area (TPSA) is 12.0 Å². The van der Waals surface area contributed by atoms with Crippen LogP contribution in [0, 0.1) is 5.82 Å². The molecule has 0 saturated heterocycles. The van der Waals surface area contributed by atoms with E-state index >= 15 is 0 Å². The van der Waals surface area contributed by atoms with Gasteiger partial charge in [-0.3, -0.25) is 0 Å². The number of hydrogen-bond donors (Lipinski definition) is 1. The average molecular weight is 287 g/mol. The van der Waals surface area contributed by atoms with Crippen LogP contribution in [0.15, 0.2) is 36.4 Å². The van der Waals surface area contributed by atoms with Gasteiger partial charge in [-0.05, 0) is 30.0 Å². The van der Waals surface area contributed by atoms with Crippen molar-refractivity contribution in [1.82, 2.24) is 5.32 Å². The molecule has 0 saturated carbocycles. The summed E-state index contributed by atoms with van der Waals surface area (Å²) in [5, 5.41) is 5.33. The van der Waals surface area contributed by atoms with Gasteiger partial charge in [-0.25, -0.2) is 4.39 Å². The van der Waals surface area contributed by atoms with Crippen molar-refractivity contribution in [3.63, 3.8) is 0 Å². The van der Waals surface area contributed by atoms with Gasteiger partial charge in [0.05, 0.1) is 0 Å².